The first-order valence-corrected chi connectivity index (χ1v) is 15.4. The predicted molar refractivity (Wildman–Crippen MR) is 175 cm³/mol. The second kappa shape index (κ2) is 14.9. The number of halogens is 5. The van der Waals surface area contributed by atoms with Gasteiger partial charge in [-0.05, 0) is 54.4 Å². The van der Waals surface area contributed by atoms with E-state index in [0.717, 1.165) is 12.1 Å². The van der Waals surface area contributed by atoms with Gasteiger partial charge in [-0.3, -0.25) is 14.5 Å². The van der Waals surface area contributed by atoms with Crippen LogP contribution >= 0.6 is 11.6 Å². The van der Waals surface area contributed by atoms with Crippen LogP contribution in [0.2, 0.25) is 5.02 Å². The Morgan fingerprint density at radius 2 is 1.58 bits per heavy atom. The Morgan fingerprint density at radius 1 is 0.900 bits per heavy atom. The fourth-order valence-electron chi connectivity index (χ4n) is 5.21. The van der Waals surface area contributed by atoms with Crippen LogP contribution in [0.3, 0.4) is 0 Å². The lowest BCUT2D eigenvalue weighted by atomic mass is 9.98. The maximum absolute atomic E-state index is 15.3. The quantitative estimate of drug-likeness (QED) is 0.105. The van der Waals surface area contributed by atoms with Gasteiger partial charge in [0, 0.05) is 55.0 Å². The molecule has 4 amide bonds. The molecule has 1 aliphatic heterocycles. The van der Waals surface area contributed by atoms with Crippen LogP contribution in [0.5, 0.6) is 5.75 Å². The summed E-state index contributed by atoms with van der Waals surface area (Å²) in [6.45, 7) is 1.90. The molecule has 0 saturated carbocycles. The molecule has 1 heterocycles. The van der Waals surface area contributed by atoms with Crippen molar-refractivity contribution in [2.24, 2.45) is 0 Å². The number of nitrogens with zero attached hydrogens (tertiary/aromatic N) is 2. The molecule has 4 aromatic carbocycles. The summed E-state index contributed by atoms with van der Waals surface area (Å²) in [7, 11) is 1.54. The lowest BCUT2D eigenvalue weighted by Crippen LogP contribution is -2.46. The van der Waals surface area contributed by atoms with Crippen LogP contribution in [0, 0.1) is 23.3 Å². The number of benzene rings is 4. The van der Waals surface area contributed by atoms with E-state index in [0.29, 0.717) is 28.9 Å². The molecule has 4 aromatic rings. The van der Waals surface area contributed by atoms with Crippen LogP contribution in [0.4, 0.5) is 38.5 Å². The SMILES string of the molecule is CC(=O)Nc1ccc(COC(=O)Oc2ccc(F)c(CN3C(=O)N(C)C(C)c4ccc(C(=O)NCc5c(F)cc(F)cc5F)cc43)c2Cl)cc1. The van der Waals surface area contributed by atoms with Gasteiger partial charge >= 0.3 is 12.2 Å². The highest BCUT2D eigenvalue weighted by atomic mass is 35.5. The second-order valence-electron chi connectivity index (χ2n) is 11.3. The zero-order valence-electron chi connectivity index (χ0n) is 26.8. The molecule has 1 aliphatic rings. The van der Waals surface area contributed by atoms with Crippen molar-refractivity contribution in [3.63, 3.8) is 0 Å². The van der Waals surface area contributed by atoms with Gasteiger partial charge in [-0.15, -0.1) is 0 Å². The molecule has 260 valence electrons. The van der Waals surface area contributed by atoms with E-state index < -0.39 is 66.1 Å². The Hall–Kier alpha value is -5.63. The minimum atomic E-state index is -1.17. The van der Waals surface area contributed by atoms with Gasteiger partial charge in [0.2, 0.25) is 5.91 Å². The molecule has 2 N–H and O–H groups in total. The van der Waals surface area contributed by atoms with Crippen molar-refractivity contribution in [1.82, 2.24) is 10.2 Å². The van der Waals surface area contributed by atoms with Gasteiger partial charge in [-0.1, -0.05) is 29.8 Å². The first-order valence-electron chi connectivity index (χ1n) is 15.0. The summed E-state index contributed by atoms with van der Waals surface area (Å²) in [6.07, 6.45) is -1.14. The van der Waals surface area contributed by atoms with Crippen LogP contribution in [0.15, 0.2) is 66.7 Å². The van der Waals surface area contributed by atoms with E-state index >= 15 is 4.39 Å². The molecule has 0 saturated heterocycles. The van der Waals surface area contributed by atoms with Gasteiger partial charge < -0.3 is 25.0 Å². The summed E-state index contributed by atoms with van der Waals surface area (Å²) >= 11 is 6.50. The van der Waals surface area contributed by atoms with Gasteiger partial charge in [0.15, 0.2) is 5.75 Å². The lowest BCUT2D eigenvalue weighted by molar-refractivity contribution is -0.114. The first-order chi connectivity index (χ1) is 23.7. The standard InChI is InChI=1S/C35H29ClF4N4O6/c1-18-24-9-6-21(33(46)41-15-25-28(39)13-22(37)14-29(25)40)12-30(24)44(34(47)43(18)3)16-26-27(38)10-11-31(32(26)36)50-35(48)49-17-20-4-7-23(8-5-20)42-19(2)45/h4-14,18H,15-17H2,1-3H3,(H,41,46)(H,42,45). The summed E-state index contributed by atoms with van der Waals surface area (Å²) in [4.78, 5) is 52.8. The molecule has 0 fully saturated rings. The smallest absolute Gasteiger partial charge is 0.429 e. The highest BCUT2D eigenvalue weighted by Gasteiger charge is 2.35. The zero-order chi connectivity index (χ0) is 36.3. The number of hydrogen-bond donors (Lipinski definition) is 2. The van der Waals surface area contributed by atoms with Crippen LogP contribution in [-0.2, 0) is 29.2 Å². The van der Waals surface area contributed by atoms with Gasteiger partial charge in [-0.2, -0.15) is 0 Å². The third-order valence-corrected chi connectivity index (χ3v) is 8.38. The first kappa shape index (κ1) is 35.7. The van der Waals surface area contributed by atoms with E-state index in [1.165, 1.54) is 35.9 Å². The third kappa shape index (κ3) is 7.81. The van der Waals surface area contributed by atoms with E-state index in [9.17, 15) is 32.3 Å². The fourth-order valence-corrected chi connectivity index (χ4v) is 5.46. The Bertz CT molecular complexity index is 1970. The van der Waals surface area contributed by atoms with Crippen LogP contribution < -0.4 is 20.3 Å². The van der Waals surface area contributed by atoms with Crippen molar-refractivity contribution in [2.75, 3.05) is 17.3 Å². The summed E-state index contributed by atoms with van der Waals surface area (Å²) in [5, 5.41) is 4.69. The van der Waals surface area contributed by atoms with Gasteiger partial charge in [0.05, 0.1) is 23.3 Å². The monoisotopic (exact) mass is 712 g/mol. The topological polar surface area (TPSA) is 117 Å². The van der Waals surface area contributed by atoms with Gasteiger partial charge in [0.25, 0.3) is 5.91 Å². The number of amides is 4. The summed E-state index contributed by atoms with van der Waals surface area (Å²) in [6, 6.07) is 13.0. The number of anilines is 2. The number of ether oxygens (including phenoxy) is 2. The maximum Gasteiger partial charge on any atom is 0.514 e. The molecule has 15 heteroatoms. The van der Waals surface area contributed by atoms with Crippen molar-refractivity contribution < 1.29 is 46.2 Å². The van der Waals surface area contributed by atoms with E-state index in [-0.39, 0.29) is 40.1 Å². The molecular weight excluding hydrogens is 684 g/mol. The highest BCUT2D eigenvalue weighted by molar-refractivity contribution is 6.33. The second-order valence-corrected chi connectivity index (χ2v) is 11.7. The summed E-state index contributed by atoms with van der Waals surface area (Å²) < 4.78 is 67.2. The summed E-state index contributed by atoms with van der Waals surface area (Å²) in [5.74, 6) is -5.50. The predicted octanol–water partition coefficient (Wildman–Crippen LogP) is 7.63. The van der Waals surface area contributed by atoms with Gasteiger partial charge in [0.1, 0.15) is 29.9 Å². The van der Waals surface area contributed by atoms with Crippen LogP contribution in [-0.4, -0.2) is 35.9 Å². The number of hydrogen-bond acceptors (Lipinski definition) is 6. The third-order valence-electron chi connectivity index (χ3n) is 7.97. The molecule has 1 atom stereocenters. The van der Waals surface area contributed by atoms with E-state index in [2.05, 4.69) is 10.6 Å². The molecule has 10 nitrogen and oxygen atoms in total. The number of nitrogens with one attached hydrogen (secondary N) is 2. The van der Waals surface area contributed by atoms with E-state index in [1.807, 2.05) is 0 Å². The largest absolute Gasteiger partial charge is 0.514 e. The van der Waals surface area contributed by atoms with Crippen molar-refractivity contribution in [3.8, 4) is 5.75 Å². The highest BCUT2D eigenvalue weighted by Crippen LogP contribution is 2.39. The molecule has 0 bridgehead atoms. The number of carbonyl (C=O) groups is 4. The van der Waals surface area contributed by atoms with Crippen molar-refractivity contribution in [1.29, 1.82) is 0 Å². The minimum absolute atomic E-state index is 0.0115. The molecular formula is C35H29ClF4N4O6. The van der Waals surface area contributed by atoms with Crippen molar-refractivity contribution in [2.45, 2.75) is 39.6 Å². The van der Waals surface area contributed by atoms with E-state index in [4.69, 9.17) is 21.1 Å². The van der Waals surface area contributed by atoms with Crippen molar-refractivity contribution in [3.05, 3.63) is 123 Å². The molecule has 0 aromatic heterocycles. The Balaban J connectivity index is 1.34. The normalized spacial score (nSPS) is 13.8. The van der Waals surface area contributed by atoms with Gasteiger partial charge in [-0.25, -0.2) is 27.2 Å². The number of fused-ring (bicyclic) bond motifs is 1. The Labute approximate surface area is 288 Å². The van der Waals surface area contributed by atoms with Crippen LogP contribution in [0.1, 0.15) is 52.5 Å². The molecule has 5 rings (SSSR count). The fraction of sp³-hybridized carbons (Fsp3) is 0.200. The average Bonchev–Trinajstić information content (AvgIpc) is 3.07. The molecule has 1 unspecified atom stereocenters. The number of rotatable bonds is 9. The van der Waals surface area contributed by atoms with Crippen molar-refractivity contribution >= 4 is 47.0 Å². The molecule has 0 radical (unpaired) electrons. The minimum Gasteiger partial charge on any atom is -0.429 e. The number of carbonyl (C=O) groups excluding carboxylic acids is 4. The molecule has 50 heavy (non-hydrogen) atoms. The van der Waals surface area contributed by atoms with Crippen LogP contribution in [0.25, 0.3) is 0 Å². The Kier molecular flexibility index (Phi) is 10.6. The average molecular weight is 713 g/mol. The molecule has 0 spiro atoms. The molecule has 0 aliphatic carbocycles. The maximum atomic E-state index is 15.3. The lowest BCUT2D eigenvalue weighted by Gasteiger charge is -2.40. The summed E-state index contributed by atoms with van der Waals surface area (Å²) in [5.41, 5.74) is 1.24. The Morgan fingerprint density at radius 3 is 2.24 bits per heavy atom. The van der Waals surface area contributed by atoms with E-state index in [1.54, 1.807) is 37.3 Å². The zero-order valence-corrected chi connectivity index (χ0v) is 27.5. The number of urea groups is 1.